The lowest BCUT2D eigenvalue weighted by Gasteiger charge is -2.21. The first-order valence-electron chi connectivity index (χ1n) is 6.76. The zero-order valence-corrected chi connectivity index (χ0v) is 14.7. The second-order valence-corrected chi connectivity index (χ2v) is 5.54. The van der Waals surface area contributed by atoms with Crippen LogP contribution in [0.3, 0.4) is 0 Å². The first-order valence-corrected chi connectivity index (χ1v) is 7.51. The normalized spacial score (nSPS) is 10.9. The molecule has 2 rings (SSSR count). The van der Waals surface area contributed by atoms with E-state index in [0.717, 1.165) is 5.01 Å². The summed E-state index contributed by atoms with van der Waals surface area (Å²) in [6.07, 6.45) is 2.64. The number of hydrazone groups is 1. The van der Waals surface area contributed by atoms with Crippen molar-refractivity contribution in [1.82, 2.24) is 14.9 Å². The molecule has 0 fully saturated rings. The van der Waals surface area contributed by atoms with Gasteiger partial charge in [-0.05, 0) is 12.1 Å². The average Bonchev–Trinajstić information content (AvgIpc) is 2.98. The van der Waals surface area contributed by atoms with Crippen molar-refractivity contribution in [3.05, 3.63) is 40.1 Å². The number of anilines is 1. The first-order chi connectivity index (χ1) is 11.3. The van der Waals surface area contributed by atoms with Crippen molar-refractivity contribution in [1.29, 1.82) is 0 Å². The SMILES string of the molecule is CC(=O)N(/N=C/c1c(Cl)cccc1Cl)c1nncn1N(C)C(C)=O. The molecule has 1 aromatic heterocycles. The summed E-state index contributed by atoms with van der Waals surface area (Å²) < 4.78 is 1.30. The van der Waals surface area contributed by atoms with E-state index < -0.39 is 5.91 Å². The fraction of sp³-hybridized carbons (Fsp3) is 0.214. The molecule has 1 aromatic carbocycles. The third-order valence-electron chi connectivity index (χ3n) is 3.08. The number of carbonyl (C=O) groups is 2. The Morgan fingerprint density at radius 3 is 2.38 bits per heavy atom. The highest BCUT2D eigenvalue weighted by Gasteiger charge is 2.20. The number of amides is 2. The maximum absolute atomic E-state index is 11.9. The minimum Gasteiger partial charge on any atom is -0.273 e. The molecule has 0 aliphatic carbocycles. The predicted octanol–water partition coefficient (Wildman–Crippen LogP) is 2.09. The molecule has 0 aliphatic rings. The zero-order valence-electron chi connectivity index (χ0n) is 13.1. The summed E-state index contributed by atoms with van der Waals surface area (Å²) >= 11 is 12.2. The summed E-state index contributed by atoms with van der Waals surface area (Å²) in [5, 5.41) is 14.7. The molecule has 126 valence electrons. The van der Waals surface area contributed by atoms with Gasteiger partial charge in [-0.1, -0.05) is 29.3 Å². The smallest absolute Gasteiger partial charge is 0.273 e. The molecule has 8 nitrogen and oxygen atoms in total. The Kier molecular flexibility index (Phi) is 5.53. The maximum atomic E-state index is 11.9. The fourth-order valence-corrected chi connectivity index (χ4v) is 2.24. The highest BCUT2D eigenvalue weighted by molar-refractivity contribution is 6.38. The molecule has 10 heteroatoms. The van der Waals surface area contributed by atoms with Crippen molar-refractivity contribution in [2.45, 2.75) is 13.8 Å². The van der Waals surface area contributed by atoms with E-state index in [9.17, 15) is 9.59 Å². The summed E-state index contributed by atoms with van der Waals surface area (Å²) in [4.78, 5) is 23.5. The maximum Gasteiger partial charge on any atom is 0.274 e. The standard InChI is InChI=1S/C14H14Cl2N6O2/c1-9(23)20(3)21-8-17-19-14(21)22(10(2)24)18-7-11-12(15)5-4-6-13(11)16/h4-8H,1-3H3/b18-7+. The van der Waals surface area contributed by atoms with Crippen LogP contribution in [0.25, 0.3) is 0 Å². The van der Waals surface area contributed by atoms with E-state index in [1.165, 1.54) is 43.1 Å². The third kappa shape index (κ3) is 3.72. The minimum atomic E-state index is -0.430. The minimum absolute atomic E-state index is 0.0552. The second kappa shape index (κ2) is 7.41. The van der Waals surface area contributed by atoms with Crippen molar-refractivity contribution >= 4 is 47.2 Å². The van der Waals surface area contributed by atoms with E-state index in [0.29, 0.717) is 15.6 Å². The van der Waals surface area contributed by atoms with Crippen LogP contribution in [0, 0.1) is 0 Å². The molecule has 1 heterocycles. The summed E-state index contributed by atoms with van der Waals surface area (Å²) in [5.74, 6) is -0.641. The number of benzene rings is 1. The van der Waals surface area contributed by atoms with Crippen LogP contribution in [-0.2, 0) is 9.59 Å². The third-order valence-corrected chi connectivity index (χ3v) is 3.74. The van der Waals surface area contributed by atoms with Crippen molar-refractivity contribution < 1.29 is 9.59 Å². The van der Waals surface area contributed by atoms with E-state index in [-0.39, 0.29) is 11.9 Å². The van der Waals surface area contributed by atoms with Gasteiger partial charge in [-0.15, -0.1) is 10.2 Å². The van der Waals surface area contributed by atoms with Crippen molar-refractivity contribution in [3.63, 3.8) is 0 Å². The van der Waals surface area contributed by atoms with Gasteiger partial charge in [0.1, 0.15) is 6.33 Å². The van der Waals surface area contributed by atoms with Crippen LogP contribution in [0.2, 0.25) is 10.0 Å². The lowest BCUT2D eigenvalue weighted by Crippen LogP contribution is -2.37. The molecule has 0 spiro atoms. The van der Waals surface area contributed by atoms with Gasteiger partial charge in [-0.25, -0.2) is 9.69 Å². The molecular formula is C14H14Cl2N6O2. The van der Waals surface area contributed by atoms with E-state index in [4.69, 9.17) is 23.2 Å². The molecule has 0 N–H and O–H groups in total. The Balaban J connectivity index is 2.42. The molecule has 2 aromatic rings. The van der Waals surface area contributed by atoms with Gasteiger partial charge in [0.2, 0.25) is 11.8 Å². The summed E-state index contributed by atoms with van der Waals surface area (Å²) in [6.45, 7) is 2.67. The van der Waals surface area contributed by atoms with Crippen LogP contribution in [0.15, 0.2) is 29.6 Å². The molecule has 0 unspecified atom stereocenters. The van der Waals surface area contributed by atoms with Crippen molar-refractivity contribution in [3.8, 4) is 0 Å². The lowest BCUT2D eigenvalue weighted by atomic mass is 10.2. The molecular weight excluding hydrogens is 355 g/mol. The topological polar surface area (TPSA) is 83.7 Å². The molecule has 0 saturated carbocycles. The van der Waals surface area contributed by atoms with Crippen LogP contribution in [0.1, 0.15) is 19.4 Å². The Morgan fingerprint density at radius 2 is 1.83 bits per heavy atom. The van der Waals surface area contributed by atoms with Gasteiger partial charge in [0.25, 0.3) is 5.95 Å². The second-order valence-electron chi connectivity index (χ2n) is 4.73. The van der Waals surface area contributed by atoms with Crippen molar-refractivity contribution in [2.24, 2.45) is 5.10 Å². The number of rotatable bonds is 4. The quantitative estimate of drug-likeness (QED) is 0.610. The lowest BCUT2D eigenvalue weighted by molar-refractivity contribution is -0.118. The number of carbonyl (C=O) groups excluding carboxylic acids is 2. The molecule has 24 heavy (non-hydrogen) atoms. The van der Waals surface area contributed by atoms with Crippen LogP contribution < -0.4 is 10.0 Å². The van der Waals surface area contributed by atoms with Crippen LogP contribution >= 0.6 is 23.2 Å². The largest absolute Gasteiger partial charge is 0.274 e. The van der Waals surface area contributed by atoms with Crippen LogP contribution in [0.5, 0.6) is 0 Å². The van der Waals surface area contributed by atoms with Gasteiger partial charge >= 0.3 is 0 Å². The first kappa shape index (κ1) is 17.9. The molecule has 0 bridgehead atoms. The van der Waals surface area contributed by atoms with Gasteiger partial charge in [-0.2, -0.15) is 10.1 Å². The van der Waals surface area contributed by atoms with Gasteiger partial charge in [0.15, 0.2) is 0 Å². The van der Waals surface area contributed by atoms with Crippen LogP contribution in [0.4, 0.5) is 5.95 Å². The average molecular weight is 369 g/mol. The zero-order chi connectivity index (χ0) is 17.9. The van der Waals surface area contributed by atoms with E-state index in [1.54, 1.807) is 18.2 Å². The monoisotopic (exact) mass is 368 g/mol. The number of halogens is 2. The summed E-state index contributed by atoms with van der Waals surface area (Å²) in [7, 11) is 1.52. The molecule has 0 aliphatic heterocycles. The van der Waals surface area contributed by atoms with Gasteiger partial charge in [0, 0.05) is 26.5 Å². The van der Waals surface area contributed by atoms with Crippen molar-refractivity contribution in [2.75, 3.05) is 17.1 Å². The molecule has 0 saturated heterocycles. The van der Waals surface area contributed by atoms with Gasteiger partial charge < -0.3 is 0 Å². The van der Waals surface area contributed by atoms with Crippen LogP contribution in [-0.4, -0.2) is 40.0 Å². The summed E-state index contributed by atoms with van der Waals surface area (Å²) in [6, 6.07) is 5.00. The van der Waals surface area contributed by atoms with Gasteiger partial charge in [0.05, 0.1) is 16.3 Å². The van der Waals surface area contributed by atoms with E-state index >= 15 is 0 Å². The Morgan fingerprint density at radius 1 is 1.21 bits per heavy atom. The Labute approximate surface area is 148 Å². The predicted molar refractivity (Wildman–Crippen MR) is 92.1 cm³/mol. The molecule has 0 atom stereocenters. The number of aromatic nitrogens is 3. The number of nitrogens with zero attached hydrogens (tertiary/aromatic N) is 6. The highest BCUT2D eigenvalue weighted by atomic mass is 35.5. The van der Waals surface area contributed by atoms with E-state index in [2.05, 4.69) is 15.3 Å². The Hall–Kier alpha value is -2.45. The number of hydrogen-bond acceptors (Lipinski definition) is 5. The van der Waals surface area contributed by atoms with E-state index in [1.807, 2.05) is 0 Å². The number of hydrogen-bond donors (Lipinski definition) is 0. The highest BCUT2D eigenvalue weighted by Crippen LogP contribution is 2.22. The Bertz CT molecular complexity index is 784. The fourth-order valence-electron chi connectivity index (χ4n) is 1.75. The molecule has 0 radical (unpaired) electrons. The van der Waals surface area contributed by atoms with Gasteiger partial charge in [-0.3, -0.25) is 9.59 Å². The molecule has 2 amide bonds. The summed E-state index contributed by atoms with van der Waals surface area (Å²) in [5.41, 5.74) is 0.457.